The summed E-state index contributed by atoms with van der Waals surface area (Å²) >= 11 is 0. The summed E-state index contributed by atoms with van der Waals surface area (Å²) in [7, 11) is 0. The number of amides is 1. The fourth-order valence-electron chi connectivity index (χ4n) is 4.13. The first kappa shape index (κ1) is 19.2. The van der Waals surface area contributed by atoms with Crippen LogP contribution in [0.25, 0.3) is 16.7 Å². The first-order chi connectivity index (χ1) is 15.0. The van der Waals surface area contributed by atoms with Gasteiger partial charge in [0, 0.05) is 23.3 Å². The van der Waals surface area contributed by atoms with Gasteiger partial charge in [0.2, 0.25) is 5.91 Å². The van der Waals surface area contributed by atoms with Crippen LogP contribution in [0.4, 0.5) is 20.3 Å². The van der Waals surface area contributed by atoms with Crippen molar-refractivity contribution in [1.29, 1.82) is 0 Å². The lowest BCUT2D eigenvalue weighted by molar-refractivity contribution is -0.115. The maximum Gasteiger partial charge on any atom is 0.333 e. The van der Waals surface area contributed by atoms with Gasteiger partial charge in [-0.15, -0.1) is 0 Å². The zero-order valence-electron chi connectivity index (χ0n) is 16.4. The van der Waals surface area contributed by atoms with Crippen LogP contribution in [0.3, 0.4) is 0 Å². The molecule has 0 bridgehead atoms. The maximum atomic E-state index is 12.6. The average molecular weight is 423 g/mol. The molecule has 0 unspecified atom stereocenters. The van der Waals surface area contributed by atoms with E-state index in [2.05, 4.69) is 25.0 Å². The SMILES string of the molecule is Nc1ncnc2c3c(n(-c4ccc(NC(=O)Cc5ccn(C(F)F)n5)cc4)c12)CCC3. The van der Waals surface area contributed by atoms with Crippen LogP contribution in [0.1, 0.15) is 29.9 Å². The van der Waals surface area contributed by atoms with E-state index in [1.165, 1.54) is 23.7 Å². The van der Waals surface area contributed by atoms with Gasteiger partial charge < -0.3 is 15.6 Å². The van der Waals surface area contributed by atoms with E-state index in [4.69, 9.17) is 5.73 Å². The van der Waals surface area contributed by atoms with E-state index in [1.54, 1.807) is 12.1 Å². The number of hydrogen-bond acceptors (Lipinski definition) is 5. The number of aryl methyl sites for hydroxylation is 1. The summed E-state index contributed by atoms with van der Waals surface area (Å²) in [6.07, 6.45) is 5.52. The number of nitrogen functional groups attached to an aromatic ring is 1. The molecule has 8 nitrogen and oxygen atoms in total. The summed E-state index contributed by atoms with van der Waals surface area (Å²) in [5, 5.41) is 6.46. The molecule has 3 heterocycles. The van der Waals surface area contributed by atoms with Gasteiger partial charge in [-0.1, -0.05) is 0 Å². The van der Waals surface area contributed by atoms with Crippen LogP contribution in [0.15, 0.2) is 42.9 Å². The van der Waals surface area contributed by atoms with Crippen LogP contribution in [-0.4, -0.2) is 30.2 Å². The summed E-state index contributed by atoms with van der Waals surface area (Å²) in [5.41, 5.74) is 12.0. The molecule has 10 heteroatoms. The van der Waals surface area contributed by atoms with Crippen molar-refractivity contribution in [3.05, 3.63) is 59.8 Å². The van der Waals surface area contributed by atoms with Crippen LogP contribution in [0.2, 0.25) is 0 Å². The number of halogens is 2. The van der Waals surface area contributed by atoms with Gasteiger partial charge in [0.15, 0.2) is 5.82 Å². The van der Waals surface area contributed by atoms with Crippen molar-refractivity contribution in [3.63, 3.8) is 0 Å². The van der Waals surface area contributed by atoms with E-state index in [-0.39, 0.29) is 18.0 Å². The molecule has 0 saturated heterocycles. The molecule has 1 amide bonds. The number of fused-ring (bicyclic) bond motifs is 3. The highest BCUT2D eigenvalue weighted by Crippen LogP contribution is 2.36. The van der Waals surface area contributed by atoms with Crippen molar-refractivity contribution in [1.82, 2.24) is 24.3 Å². The predicted molar refractivity (Wildman–Crippen MR) is 111 cm³/mol. The molecule has 4 aromatic rings. The number of carbonyl (C=O) groups excluding carboxylic acids is 1. The fraction of sp³-hybridized carbons (Fsp3) is 0.238. The topological polar surface area (TPSA) is 104 Å². The highest BCUT2D eigenvalue weighted by Gasteiger charge is 2.25. The summed E-state index contributed by atoms with van der Waals surface area (Å²) in [4.78, 5) is 20.9. The highest BCUT2D eigenvalue weighted by molar-refractivity contribution is 5.93. The van der Waals surface area contributed by atoms with Crippen molar-refractivity contribution in [2.45, 2.75) is 32.2 Å². The van der Waals surface area contributed by atoms with Crippen molar-refractivity contribution >= 4 is 28.4 Å². The van der Waals surface area contributed by atoms with Crippen LogP contribution < -0.4 is 11.1 Å². The Morgan fingerprint density at radius 3 is 2.71 bits per heavy atom. The Morgan fingerprint density at radius 2 is 1.97 bits per heavy atom. The Bertz CT molecular complexity index is 1280. The molecule has 158 valence electrons. The molecule has 1 aliphatic carbocycles. The zero-order valence-corrected chi connectivity index (χ0v) is 16.4. The lowest BCUT2D eigenvalue weighted by atomic mass is 10.2. The van der Waals surface area contributed by atoms with Crippen LogP contribution in [0, 0.1) is 0 Å². The van der Waals surface area contributed by atoms with Gasteiger partial charge in [-0.05, 0) is 55.2 Å². The van der Waals surface area contributed by atoms with E-state index in [0.29, 0.717) is 16.2 Å². The van der Waals surface area contributed by atoms with E-state index in [0.717, 1.165) is 42.2 Å². The minimum absolute atomic E-state index is 0.0922. The molecule has 31 heavy (non-hydrogen) atoms. The second-order valence-electron chi connectivity index (χ2n) is 7.41. The minimum Gasteiger partial charge on any atom is -0.382 e. The van der Waals surface area contributed by atoms with Gasteiger partial charge in [0.05, 0.1) is 17.6 Å². The maximum absolute atomic E-state index is 12.6. The monoisotopic (exact) mass is 423 g/mol. The summed E-state index contributed by atoms with van der Waals surface area (Å²) in [5.74, 6) is 0.0947. The fourth-order valence-corrected chi connectivity index (χ4v) is 4.13. The summed E-state index contributed by atoms with van der Waals surface area (Å²) < 4.78 is 27.8. The Morgan fingerprint density at radius 1 is 1.16 bits per heavy atom. The van der Waals surface area contributed by atoms with Crippen molar-refractivity contribution in [3.8, 4) is 5.69 Å². The number of nitrogens with zero attached hydrogens (tertiary/aromatic N) is 5. The zero-order chi connectivity index (χ0) is 21.5. The quantitative estimate of drug-likeness (QED) is 0.513. The van der Waals surface area contributed by atoms with E-state index >= 15 is 0 Å². The number of benzene rings is 1. The van der Waals surface area contributed by atoms with Gasteiger partial charge in [-0.3, -0.25) is 4.79 Å². The molecule has 0 aliphatic heterocycles. The van der Waals surface area contributed by atoms with Gasteiger partial charge in [-0.25, -0.2) is 14.6 Å². The largest absolute Gasteiger partial charge is 0.382 e. The predicted octanol–water partition coefficient (Wildman–Crippen LogP) is 3.26. The molecule has 0 radical (unpaired) electrons. The minimum atomic E-state index is -2.73. The highest BCUT2D eigenvalue weighted by atomic mass is 19.3. The molecular formula is C21H19F2N7O. The molecule has 5 rings (SSSR count). The normalized spacial score (nSPS) is 13.1. The number of nitrogens with two attached hydrogens (primary N) is 1. The van der Waals surface area contributed by atoms with Crippen molar-refractivity contribution in [2.24, 2.45) is 0 Å². The number of nitrogens with one attached hydrogen (secondary N) is 1. The number of hydrogen-bond donors (Lipinski definition) is 2. The lowest BCUT2D eigenvalue weighted by Gasteiger charge is -2.12. The Balaban J connectivity index is 1.38. The number of carbonyl (C=O) groups is 1. The second kappa shape index (κ2) is 7.46. The third-order valence-corrected chi connectivity index (χ3v) is 5.43. The smallest absolute Gasteiger partial charge is 0.333 e. The van der Waals surface area contributed by atoms with Gasteiger partial charge >= 0.3 is 6.55 Å². The average Bonchev–Trinajstić information content (AvgIpc) is 3.45. The molecule has 0 saturated carbocycles. The lowest BCUT2D eigenvalue weighted by Crippen LogP contribution is -2.15. The number of anilines is 2. The summed E-state index contributed by atoms with van der Waals surface area (Å²) in [6.45, 7) is -2.73. The van der Waals surface area contributed by atoms with E-state index in [9.17, 15) is 13.6 Å². The van der Waals surface area contributed by atoms with Gasteiger partial charge in [-0.2, -0.15) is 13.9 Å². The molecule has 3 aromatic heterocycles. The first-order valence-electron chi connectivity index (χ1n) is 9.86. The number of rotatable bonds is 5. The summed E-state index contributed by atoms with van der Waals surface area (Å²) in [6, 6.07) is 8.77. The van der Waals surface area contributed by atoms with Crippen LogP contribution >= 0.6 is 0 Å². The Hall–Kier alpha value is -3.82. The van der Waals surface area contributed by atoms with E-state index in [1.807, 2.05) is 12.1 Å². The Labute approximate surface area is 175 Å². The third kappa shape index (κ3) is 3.39. The van der Waals surface area contributed by atoms with E-state index < -0.39 is 6.55 Å². The first-order valence-corrected chi connectivity index (χ1v) is 9.86. The standard InChI is InChI=1S/C21H19F2N7O/c22-21(23)29-9-8-13(28-29)10-17(31)27-12-4-6-14(7-5-12)30-16-3-1-2-15(16)18-19(30)20(24)26-11-25-18/h4-9,11,21H,1-3,10H2,(H,27,31)(H2,24,25,26). The van der Waals surface area contributed by atoms with Crippen molar-refractivity contribution in [2.75, 3.05) is 11.1 Å². The number of alkyl halides is 2. The Kier molecular flexibility index (Phi) is 4.61. The molecule has 3 N–H and O–H groups in total. The van der Waals surface area contributed by atoms with Gasteiger partial charge in [0.25, 0.3) is 0 Å². The van der Waals surface area contributed by atoms with Crippen LogP contribution in [-0.2, 0) is 24.1 Å². The van der Waals surface area contributed by atoms with Crippen LogP contribution in [0.5, 0.6) is 0 Å². The second-order valence-corrected chi connectivity index (χ2v) is 7.41. The molecule has 1 aromatic carbocycles. The molecule has 1 aliphatic rings. The van der Waals surface area contributed by atoms with Gasteiger partial charge in [0.1, 0.15) is 11.8 Å². The third-order valence-electron chi connectivity index (χ3n) is 5.43. The molecule has 0 fully saturated rings. The number of aromatic nitrogens is 5. The van der Waals surface area contributed by atoms with Crippen molar-refractivity contribution < 1.29 is 13.6 Å². The molecule has 0 atom stereocenters. The molecule has 0 spiro atoms. The molecular weight excluding hydrogens is 404 g/mol.